The van der Waals surface area contributed by atoms with Crippen LogP contribution in [0.25, 0.3) is 0 Å². The Bertz CT molecular complexity index is 530. The van der Waals surface area contributed by atoms with E-state index in [4.69, 9.17) is 14.6 Å². The minimum absolute atomic E-state index is 0.323. The molecule has 18 heavy (non-hydrogen) atoms. The second kappa shape index (κ2) is 5.55. The van der Waals surface area contributed by atoms with Crippen molar-refractivity contribution >= 4 is 17.3 Å². The molecule has 2 rings (SSSR count). The fraction of sp³-hybridized carbons (Fsp3) is 0.154. The summed E-state index contributed by atoms with van der Waals surface area (Å²) in [7, 11) is 1.61. The Kier molecular flexibility index (Phi) is 3.84. The van der Waals surface area contributed by atoms with Gasteiger partial charge in [0.25, 0.3) is 0 Å². The number of benzene rings is 1. The molecule has 0 fully saturated rings. The molecule has 1 aromatic heterocycles. The van der Waals surface area contributed by atoms with Gasteiger partial charge in [0.05, 0.1) is 7.11 Å². The minimum Gasteiger partial charge on any atom is -0.497 e. The van der Waals surface area contributed by atoms with Crippen LogP contribution in [0.15, 0.2) is 35.7 Å². The molecule has 1 N–H and O–H groups in total. The molecule has 1 aromatic carbocycles. The van der Waals surface area contributed by atoms with E-state index in [2.05, 4.69) is 0 Å². The number of carboxylic acid groups (broad SMARTS) is 1. The van der Waals surface area contributed by atoms with Crippen LogP contribution in [0.5, 0.6) is 11.5 Å². The van der Waals surface area contributed by atoms with E-state index in [-0.39, 0.29) is 0 Å². The van der Waals surface area contributed by atoms with Crippen LogP contribution in [0.4, 0.5) is 0 Å². The van der Waals surface area contributed by atoms with Crippen molar-refractivity contribution in [2.45, 2.75) is 6.61 Å². The van der Waals surface area contributed by atoms with Crippen LogP contribution in [-0.2, 0) is 6.61 Å². The van der Waals surface area contributed by atoms with Crippen molar-refractivity contribution in [1.29, 1.82) is 0 Å². The van der Waals surface area contributed by atoms with E-state index in [1.807, 2.05) is 24.3 Å². The first-order chi connectivity index (χ1) is 8.69. The topological polar surface area (TPSA) is 55.8 Å². The van der Waals surface area contributed by atoms with E-state index in [9.17, 15) is 4.79 Å². The smallest absolute Gasteiger partial charge is 0.345 e. The monoisotopic (exact) mass is 264 g/mol. The van der Waals surface area contributed by atoms with Crippen LogP contribution in [0, 0.1) is 0 Å². The van der Waals surface area contributed by atoms with Gasteiger partial charge >= 0.3 is 5.97 Å². The molecule has 0 spiro atoms. The van der Waals surface area contributed by atoms with Gasteiger partial charge in [0.2, 0.25) is 0 Å². The predicted molar refractivity (Wildman–Crippen MR) is 68.6 cm³/mol. The Morgan fingerprint density at radius 2 is 1.94 bits per heavy atom. The number of carbonyl (C=O) groups is 1. The molecule has 4 nitrogen and oxygen atoms in total. The number of hydrogen-bond acceptors (Lipinski definition) is 4. The Morgan fingerprint density at radius 1 is 1.28 bits per heavy atom. The molecule has 0 atom stereocenters. The van der Waals surface area contributed by atoms with Crippen molar-refractivity contribution in [3.63, 3.8) is 0 Å². The lowest BCUT2D eigenvalue weighted by Gasteiger charge is -2.05. The summed E-state index contributed by atoms with van der Waals surface area (Å²) in [6.45, 7) is 0.357. The normalized spacial score (nSPS) is 10.1. The molecule has 0 aliphatic rings. The lowest BCUT2D eigenvalue weighted by Crippen LogP contribution is -1.95. The van der Waals surface area contributed by atoms with Crippen LogP contribution in [0.2, 0.25) is 0 Å². The minimum atomic E-state index is -0.907. The second-order valence-electron chi connectivity index (χ2n) is 3.59. The zero-order valence-corrected chi connectivity index (χ0v) is 10.6. The SMILES string of the molecule is COc1ccc(OCc2csc(C(=O)O)c2)cc1. The Hall–Kier alpha value is -2.01. The standard InChI is InChI=1S/C13H12O4S/c1-16-10-2-4-11(5-3-10)17-7-9-6-12(13(14)15)18-8-9/h2-6,8H,7H2,1H3,(H,14,15). The zero-order valence-electron chi connectivity index (χ0n) is 9.75. The summed E-state index contributed by atoms with van der Waals surface area (Å²) in [6.07, 6.45) is 0. The quantitative estimate of drug-likeness (QED) is 0.901. The van der Waals surface area contributed by atoms with E-state index in [0.29, 0.717) is 11.5 Å². The van der Waals surface area contributed by atoms with Crippen LogP contribution in [0.3, 0.4) is 0 Å². The van der Waals surface area contributed by atoms with Gasteiger partial charge in [-0.15, -0.1) is 11.3 Å². The van der Waals surface area contributed by atoms with Gasteiger partial charge in [-0.3, -0.25) is 0 Å². The molecule has 0 aliphatic carbocycles. The number of aromatic carboxylic acids is 1. The number of hydrogen-bond donors (Lipinski definition) is 1. The fourth-order valence-corrected chi connectivity index (χ4v) is 2.14. The highest BCUT2D eigenvalue weighted by Gasteiger charge is 2.07. The summed E-state index contributed by atoms with van der Waals surface area (Å²) in [5.41, 5.74) is 0.855. The summed E-state index contributed by atoms with van der Waals surface area (Å²) >= 11 is 1.20. The highest BCUT2D eigenvalue weighted by molar-refractivity contribution is 7.12. The second-order valence-corrected chi connectivity index (χ2v) is 4.50. The lowest BCUT2D eigenvalue weighted by atomic mass is 10.3. The van der Waals surface area contributed by atoms with Crippen LogP contribution in [0.1, 0.15) is 15.2 Å². The summed E-state index contributed by atoms with van der Waals surface area (Å²) < 4.78 is 10.6. The van der Waals surface area contributed by atoms with Crippen molar-refractivity contribution in [1.82, 2.24) is 0 Å². The van der Waals surface area contributed by atoms with Gasteiger partial charge in [0.15, 0.2) is 0 Å². The summed E-state index contributed by atoms with van der Waals surface area (Å²) in [5.74, 6) is 0.584. The van der Waals surface area contributed by atoms with Gasteiger partial charge in [-0.2, -0.15) is 0 Å². The van der Waals surface area contributed by atoms with Crippen LogP contribution < -0.4 is 9.47 Å². The average Bonchev–Trinajstić information content (AvgIpc) is 2.86. The Balaban J connectivity index is 1.95. The number of carboxylic acids is 1. The van der Waals surface area contributed by atoms with Gasteiger partial charge in [0.1, 0.15) is 23.0 Å². The largest absolute Gasteiger partial charge is 0.497 e. The van der Waals surface area contributed by atoms with Gasteiger partial charge in [0, 0.05) is 5.56 Å². The number of thiophene rings is 1. The van der Waals surface area contributed by atoms with E-state index in [1.165, 1.54) is 11.3 Å². The van der Waals surface area contributed by atoms with Crippen LogP contribution in [-0.4, -0.2) is 18.2 Å². The molecular weight excluding hydrogens is 252 g/mol. The summed E-state index contributed by atoms with van der Waals surface area (Å²) in [5, 5.41) is 10.6. The molecule has 0 amide bonds. The zero-order chi connectivity index (χ0) is 13.0. The third-order valence-electron chi connectivity index (χ3n) is 2.33. The third kappa shape index (κ3) is 3.01. The average molecular weight is 264 g/mol. The van der Waals surface area contributed by atoms with Gasteiger partial charge in [-0.1, -0.05) is 0 Å². The third-order valence-corrected chi connectivity index (χ3v) is 3.30. The van der Waals surface area contributed by atoms with Crippen LogP contribution >= 0.6 is 11.3 Å². The molecule has 0 bridgehead atoms. The van der Waals surface area contributed by atoms with Gasteiger partial charge in [-0.25, -0.2) is 4.79 Å². The maximum Gasteiger partial charge on any atom is 0.345 e. The first kappa shape index (κ1) is 12.4. The molecular formula is C13H12O4S. The molecule has 0 radical (unpaired) electrons. The maximum absolute atomic E-state index is 10.7. The number of methoxy groups -OCH3 is 1. The lowest BCUT2D eigenvalue weighted by molar-refractivity contribution is 0.0702. The summed E-state index contributed by atoms with van der Waals surface area (Å²) in [4.78, 5) is 11.0. The Labute approximate surface area is 108 Å². The Morgan fingerprint density at radius 3 is 2.50 bits per heavy atom. The van der Waals surface area contributed by atoms with Gasteiger partial charge in [-0.05, 0) is 35.7 Å². The highest BCUT2D eigenvalue weighted by atomic mass is 32.1. The molecule has 0 saturated carbocycles. The van der Waals surface area contributed by atoms with Gasteiger partial charge < -0.3 is 14.6 Å². The van der Waals surface area contributed by atoms with Crippen molar-refractivity contribution in [2.75, 3.05) is 7.11 Å². The predicted octanol–water partition coefficient (Wildman–Crippen LogP) is 3.03. The highest BCUT2D eigenvalue weighted by Crippen LogP contribution is 2.20. The maximum atomic E-state index is 10.7. The summed E-state index contributed by atoms with van der Waals surface area (Å²) in [6, 6.07) is 8.86. The van der Waals surface area contributed by atoms with E-state index in [1.54, 1.807) is 18.6 Å². The first-order valence-electron chi connectivity index (χ1n) is 5.26. The van der Waals surface area contributed by atoms with Crippen molar-refractivity contribution in [3.8, 4) is 11.5 Å². The molecule has 94 valence electrons. The van der Waals surface area contributed by atoms with E-state index < -0.39 is 5.97 Å². The van der Waals surface area contributed by atoms with Crippen molar-refractivity contribution in [2.24, 2.45) is 0 Å². The van der Waals surface area contributed by atoms with Crippen molar-refractivity contribution < 1.29 is 19.4 Å². The number of rotatable bonds is 5. The van der Waals surface area contributed by atoms with E-state index >= 15 is 0 Å². The molecule has 0 saturated heterocycles. The molecule has 0 unspecified atom stereocenters. The molecule has 5 heteroatoms. The molecule has 1 heterocycles. The molecule has 2 aromatic rings. The molecule has 0 aliphatic heterocycles. The first-order valence-corrected chi connectivity index (χ1v) is 6.14. The number of ether oxygens (including phenoxy) is 2. The van der Waals surface area contributed by atoms with E-state index in [0.717, 1.165) is 17.1 Å². The fourth-order valence-electron chi connectivity index (χ4n) is 1.40. The van der Waals surface area contributed by atoms with Crippen molar-refractivity contribution in [3.05, 3.63) is 46.2 Å².